The van der Waals surface area contributed by atoms with Gasteiger partial charge in [-0.05, 0) is 24.3 Å². The first-order chi connectivity index (χ1) is 9.15. The lowest BCUT2D eigenvalue weighted by atomic mass is 10.1. The normalized spacial score (nSPS) is 12.7. The van der Waals surface area contributed by atoms with Gasteiger partial charge in [-0.25, -0.2) is 0 Å². The van der Waals surface area contributed by atoms with E-state index in [1.807, 2.05) is 0 Å². The van der Waals surface area contributed by atoms with Gasteiger partial charge in [0.2, 0.25) is 0 Å². The van der Waals surface area contributed by atoms with E-state index >= 15 is 0 Å². The first kappa shape index (κ1) is 14.8. The summed E-state index contributed by atoms with van der Waals surface area (Å²) < 4.78 is 78.4. The molecule has 0 amide bonds. The average molecular weight is 312 g/mol. The van der Waals surface area contributed by atoms with Gasteiger partial charge in [0.25, 0.3) is 0 Å². The van der Waals surface area contributed by atoms with Crippen LogP contribution >= 0.6 is 11.8 Å². The minimum atomic E-state index is -4.48. The Hall–Kier alpha value is -1.57. The summed E-state index contributed by atoms with van der Waals surface area (Å²) in [5.41, 5.74) is -5.04. The Morgan fingerprint density at radius 2 is 1.40 bits per heavy atom. The van der Waals surface area contributed by atoms with E-state index in [1.165, 1.54) is 6.07 Å². The third kappa shape index (κ3) is 3.72. The first-order valence-corrected chi connectivity index (χ1v) is 6.00. The zero-order valence-electron chi connectivity index (χ0n) is 9.55. The summed E-state index contributed by atoms with van der Waals surface area (Å²) in [4.78, 5) is 0. The summed E-state index contributed by atoms with van der Waals surface area (Å²) in [6.45, 7) is 0. The molecule has 0 unspecified atom stereocenters. The molecule has 0 saturated carbocycles. The molecule has 0 aliphatic carbocycles. The van der Waals surface area contributed by atoms with E-state index < -0.39 is 29.0 Å². The van der Waals surface area contributed by atoms with Crippen LogP contribution in [0.3, 0.4) is 0 Å². The molecule has 1 nitrogen and oxygen atoms in total. The summed E-state index contributed by atoms with van der Waals surface area (Å²) in [7, 11) is 0. The fraction of sp³-hybridized carbons (Fsp3) is 0.167. The Balaban J connectivity index is 2.20. The summed E-state index contributed by atoms with van der Waals surface area (Å²) in [5.74, 6) is 0.0745. The predicted octanol–water partition coefficient (Wildman–Crippen LogP) is 5.58. The van der Waals surface area contributed by atoms with Crippen molar-refractivity contribution in [3.63, 3.8) is 0 Å². The maximum absolute atomic E-state index is 12.4. The van der Waals surface area contributed by atoms with Crippen LogP contribution in [0.4, 0.5) is 26.3 Å². The predicted molar refractivity (Wildman–Crippen MR) is 61.1 cm³/mol. The molecule has 0 aliphatic rings. The van der Waals surface area contributed by atoms with Gasteiger partial charge in [0.1, 0.15) is 5.76 Å². The van der Waals surface area contributed by atoms with E-state index in [0.717, 1.165) is 30.3 Å². The molecule has 0 radical (unpaired) electrons. The van der Waals surface area contributed by atoms with Crippen molar-refractivity contribution in [2.24, 2.45) is 0 Å². The van der Waals surface area contributed by atoms with Crippen molar-refractivity contribution in [1.82, 2.24) is 0 Å². The third-order valence-corrected chi connectivity index (χ3v) is 2.95. The molecule has 0 N–H and O–H groups in total. The van der Waals surface area contributed by atoms with E-state index in [-0.39, 0.29) is 16.4 Å². The van der Waals surface area contributed by atoms with Crippen LogP contribution in [-0.4, -0.2) is 5.51 Å². The summed E-state index contributed by atoms with van der Waals surface area (Å²) in [6.07, 6.45) is -4.46. The lowest BCUT2D eigenvalue weighted by Gasteiger charge is -2.06. The van der Waals surface area contributed by atoms with Crippen LogP contribution in [0.2, 0.25) is 0 Å². The molecule has 1 aromatic heterocycles. The van der Waals surface area contributed by atoms with Crippen LogP contribution in [0.15, 0.2) is 45.9 Å². The maximum Gasteiger partial charge on any atom is 0.449 e. The van der Waals surface area contributed by atoms with Gasteiger partial charge in [-0.2, -0.15) is 26.3 Å². The smallest absolute Gasteiger partial charge is 0.449 e. The fourth-order valence-electron chi connectivity index (χ4n) is 1.47. The van der Waals surface area contributed by atoms with Crippen molar-refractivity contribution in [2.75, 3.05) is 0 Å². The molecule has 108 valence electrons. The second-order valence-electron chi connectivity index (χ2n) is 3.74. The zero-order valence-corrected chi connectivity index (χ0v) is 10.4. The van der Waals surface area contributed by atoms with Gasteiger partial charge in [0, 0.05) is 17.3 Å². The molecular weight excluding hydrogens is 306 g/mol. The molecule has 0 saturated heterocycles. The first-order valence-electron chi connectivity index (χ1n) is 5.18. The molecule has 1 aromatic carbocycles. The number of rotatable bonds is 2. The lowest BCUT2D eigenvalue weighted by molar-refractivity contribution is -0.137. The van der Waals surface area contributed by atoms with Crippen LogP contribution in [0.1, 0.15) is 5.56 Å². The summed E-state index contributed by atoms with van der Waals surface area (Å²) in [6, 6.07) is 6.36. The quantitative estimate of drug-likeness (QED) is 0.530. The molecule has 8 heteroatoms. The van der Waals surface area contributed by atoms with E-state index in [9.17, 15) is 26.3 Å². The Bertz CT molecular complexity index is 581. The Morgan fingerprint density at radius 1 is 0.800 bits per heavy atom. The highest BCUT2D eigenvalue weighted by atomic mass is 32.2. The van der Waals surface area contributed by atoms with Gasteiger partial charge in [-0.15, -0.1) is 0 Å². The van der Waals surface area contributed by atoms with Crippen molar-refractivity contribution < 1.29 is 30.8 Å². The van der Waals surface area contributed by atoms with Gasteiger partial charge in [0.05, 0.1) is 5.56 Å². The van der Waals surface area contributed by atoms with Crippen molar-refractivity contribution in [3.8, 4) is 11.3 Å². The third-order valence-electron chi connectivity index (χ3n) is 2.29. The lowest BCUT2D eigenvalue weighted by Crippen LogP contribution is -2.03. The van der Waals surface area contributed by atoms with Crippen LogP contribution in [0, 0.1) is 0 Å². The number of hydrogen-bond donors (Lipinski definition) is 0. The number of furan rings is 1. The largest absolute Gasteiger partial charge is 0.450 e. The van der Waals surface area contributed by atoms with Gasteiger partial charge >= 0.3 is 11.7 Å². The van der Waals surface area contributed by atoms with E-state index in [2.05, 4.69) is 0 Å². The minimum Gasteiger partial charge on any atom is -0.450 e. The van der Waals surface area contributed by atoms with Crippen molar-refractivity contribution in [3.05, 3.63) is 42.0 Å². The molecule has 0 fully saturated rings. The van der Waals surface area contributed by atoms with Gasteiger partial charge in [0.15, 0.2) is 5.09 Å². The second-order valence-corrected chi connectivity index (χ2v) is 4.81. The molecular formula is C12H6F6OS. The molecule has 0 spiro atoms. The Kier molecular flexibility index (Phi) is 3.77. The van der Waals surface area contributed by atoms with E-state index in [4.69, 9.17) is 4.42 Å². The SMILES string of the molecule is FC(F)(F)Sc1ccc(-c2ccc(C(F)(F)F)cc2)o1. The average Bonchev–Trinajstić information content (AvgIpc) is 2.74. The summed E-state index contributed by atoms with van der Waals surface area (Å²) >= 11 is -0.423. The van der Waals surface area contributed by atoms with Crippen LogP contribution in [0.5, 0.6) is 0 Å². The number of thioether (sulfide) groups is 1. The number of hydrogen-bond acceptors (Lipinski definition) is 2. The monoisotopic (exact) mass is 312 g/mol. The molecule has 0 bridgehead atoms. The van der Waals surface area contributed by atoms with Gasteiger partial charge in [-0.3, -0.25) is 0 Å². The number of alkyl halides is 6. The fourth-order valence-corrected chi connectivity index (χ4v) is 1.96. The van der Waals surface area contributed by atoms with Crippen molar-refractivity contribution in [1.29, 1.82) is 0 Å². The van der Waals surface area contributed by atoms with Crippen LogP contribution < -0.4 is 0 Å². The Morgan fingerprint density at radius 3 is 1.90 bits per heavy atom. The second kappa shape index (κ2) is 5.08. The highest BCUT2D eigenvalue weighted by Crippen LogP contribution is 2.39. The number of halogens is 6. The highest BCUT2D eigenvalue weighted by molar-refractivity contribution is 8.00. The number of benzene rings is 1. The van der Waals surface area contributed by atoms with Crippen molar-refractivity contribution in [2.45, 2.75) is 16.8 Å². The molecule has 2 rings (SSSR count). The van der Waals surface area contributed by atoms with Gasteiger partial charge < -0.3 is 4.42 Å². The van der Waals surface area contributed by atoms with Crippen molar-refractivity contribution >= 4 is 11.8 Å². The Labute approximate surface area is 113 Å². The molecule has 20 heavy (non-hydrogen) atoms. The summed E-state index contributed by atoms with van der Waals surface area (Å²) in [5, 5.41) is -0.368. The molecule has 0 atom stereocenters. The molecule has 2 aromatic rings. The topological polar surface area (TPSA) is 13.1 Å². The van der Waals surface area contributed by atoms with Gasteiger partial charge in [-0.1, -0.05) is 12.1 Å². The maximum atomic E-state index is 12.4. The zero-order chi connectivity index (χ0) is 15.0. The highest BCUT2D eigenvalue weighted by Gasteiger charge is 2.32. The van der Waals surface area contributed by atoms with Crippen LogP contribution in [0.25, 0.3) is 11.3 Å². The minimum absolute atomic E-state index is 0.0745. The van der Waals surface area contributed by atoms with E-state index in [1.54, 1.807) is 0 Å². The standard InChI is InChI=1S/C12H6F6OS/c13-11(14,15)8-3-1-7(2-4-8)9-5-6-10(19-9)20-12(16,17)18/h1-6H. The molecule has 1 heterocycles. The van der Waals surface area contributed by atoms with Crippen LogP contribution in [-0.2, 0) is 6.18 Å². The van der Waals surface area contributed by atoms with E-state index in [0.29, 0.717) is 0 Å². The molecule has 0 aliphatic heterocycles.